The van der Waals surface area contributed by atoms with Gasteiger partial charge in [-0.25, -0.2) is 9.59 Å². The molecule has 8 heteroatoms. The van der Waals surface area contributed by atoms with Crippen molar-refractivity contribution < 1.29 is 38.7 Å². The standard InChI is InChI=1S/C41H52O8/c1-24-15-18-41(46-23-24)25(2)35-31(49-41)20-30-28-19-34(42)40(45)22-33(48-37(44)27-13-9-6-10-14-27)32(47-36(43)26-11-7-5-8-12-26)21-39(40,4)29(28)16-17-38(30,35)3/h5-14,24-25,28-35,42,45H,15-23H2,1-4H3/t24?,25-,28+,29?,30?,31-,32+,33+,34+,35-,38-,39+,40-,41+/m0/s1. The number of aliphatic hydroxyl groups is 2. The van der Waals surface area contributed by atoms with E-state index in [-0.39, 0.29) is 42.1 Å². The van der Waals surface area contributed by atoms with E-state index in [1.54, 1.807) is 48.5 Å². The molecule has 3 unspecified atom stereocenters. The van der Waals surface area contributed by atoms with Crippen molar-refractivity contribution in [3.63, 3.8) is 0 Å². The molecule has 0 amide bonds. The van der Waals surface area contributed by atoms with Crippen LogP contribution in [0.3, 0.4) is 0 Å². The molecule has 49 heavy (non-hydrogen) atoms. The Kier molecular flexibility index (Phi) is 8.10. The van der Waals surface area contributed by atoms with Crippen molar-refractivity contribution in [1.29, 1.82) is 0 Å². The van der Waals surface area contributed by atoms with Crippen LogP contribution in [0.2, 0.25) is 0 Å². The number of fused-ring (bicyclic) bond motifs is 7. The lowest BCUT2D eigenvalue weighted by atomic mass is 9.42. The van der Waals surface area contributed by atoms with Crippen LogP contribution in [0.4, 0.5) is 0 Å². The number of aliphatic hydroxyl groups excluding tert-OH is 1. The summed E-state index contributed by atoms with van der Waals surface area (Å²) in [6.45, 7) is 9.85. The van der Waals surface area contributed by atoms with E-state index in [9.17, 15) is 19.8 Å². The third-order valence-electron chi connectivity index (χ3n) is 14.6. The lowest BCUT2D eigenvalue weighted by Gasteiger charge is -2.66. The maximum Gasteiger partial charge on any atom is 0.338 e. The molecule has 14 atom stereocenters. The van der Waals surface area contributed by atoms with Crippen LogP contribution < -0.4 is 0 Å². The number of hydrogen-bond acceptors (Lipinski definition) is 8. The van der Waals surface area contributed by atoms with Crippen LogP contribution in [0.25, 0.3) is 0 Å². The highest BCUT2D eigenvalue weighted by molar-refractivity contribution is 5.90. The Balaban J connectivity index is 1.08. The van der Waals surface area contributed by atoms with E-state index in [2.05, 4.69) is 27.7 Å². The lowest BCUT2D eigenvalue weighted by Crippen LogP contribution is -2.71. The predicted molar refractivity (Wildman–Crippen MR) is 181 cm³/mol. The van der Waals surface area contributed by atoms with Gasteiger partial charge in [-0.15, -0.1) is 0 Å². The fourth-order valence-electron chi connectivity index (χ4n) is 12.1. The van der Waals surface area contributed by atoms with Gasteiger partial charge in [-0.05, 0) is 97.8 Å². The van der Waals surface area contributed by atoms with Crippen LogP contribution >= 0.6 is 0 Å². The zero-order chi connectivity index (χ0) is 34.3. The Labute approximate surface area is 289 Å². The average Bonchev–Trinajstić information content (AvgIpc) is 3.54. The van der Waals surface area contributed by atoms with Gasteiger partial charge >= 0.3 is 11.9 Å². The number of hydrogen-bond donors (Lipinski definition) is 2. The van der Waals surface area contributed by atoms with E-state index in [1.165, 1.54) is 0 Å². The van der Waals surface area contributed by atoms with Gasteiger partial charge in [0.2, 0.25) is 0 Å². The number of rotatable bonds is 4. The predicted octanol–water partition coefficient (Wildman–Crippen LogP) is 6.58. The summed E-state index contributed by atoms with van der Waals surface area (Å²) in [5.74, 6) is 0.296. The van der Waals surface area contributed by atoms with Crippen molar-refractivity contribution >= 4 is 11.9 Å². The first-order valence-electron chi connectivity index (χ1n) is 18.6. The third kappa shape index (κ3) is 5.06. The molecule has 2 aliphatic heterocycles. The molecular formula is C41H52O8. The molecule has 0 radical (unpaired) electrons. The minimum absolute atomic E-state index is 0.00912. The van der Waals surface area contributed by atoms with E-state index in [4.69, 9.17) is 18.9 Å². The summed E-state index contributed by atoms with van der Waals surface area (Å²) in [5, 5.41) is 24.7. The average molecular weight is 673 g/mol. The van der Waals surface area contributed by atoms with Crippen molar-refractivity contribution in [1.82, 2.24) is 0 Å². The number of carbonyl (C=O) groups is 2. The maximum atomic E-state index is 13.5. The molecule has 8 rings (SSSR count). The second-order valence-corrected chi connectivity index (χ2v) is 17.0. The summed E-state index contributed by atoms with van der Waals surface area (Å²) < 4.78 is 25.7. The third-order valence-corrected chi connectivity index (χ3v) is 14.6. The van der Waals surface area contributed by atoms with Gasteiger partial charge in [0.25, 0.3) is 0 Å². The van der Waals surface area contributed by atoms with E-state index >= 15 is 0 Å². The topological polar surface area (TPSA) is 112 Å². The number of ether oxygens (including phenoxy) is 4. The lowest BCUT2D eigenvalue weighted by molar-refractivity contribution is -0.286. The molecule has 6 aliphatic rings. The van der Waals surface area contributed by atoms with Crippen LogP contribution in [0, 0.1) is 46.3 Å². The quantitative estimate of drug-likeness (QED) is 0.351. The minimum Gasteiger partial charge on any atom is -0.455 e. The first-order valence-corrected chi connectivity index (χ1v) is 18.6. The van der Waals surface area contributed by atoms with Crippen molar-refractivity contribution in [2.75, 3.05) is 6.61 Å². The van der Waals surface area contributed by atoms with Crippen molar-refractivity contribution in [3.05, 3.63) is 71.8 Å². The second-order valence-electron chi connectivity index (χ2n) is 17.0. The van der Waals surface area contributed by atoms with Gasteiger partial charge in [0, 0.05) is 24.2 Å². The summed E-state index contributed by atoms with van der Waals surface area (Å²) in [7, 11) is 0. The van der Waals surface area contributed by atoms with E-state index in [0.29, 0.717) is 35.3 Å². The fourth-order valence-corrected chi connectivity index (χ4v) is 12.1. The zero-order valence-electron chi connectivity index (χ0n) is 29.3. The van der Waals surface area contributed by atoms with Crippen LogP contribution in [0.5, 0.6) is 0 Å². The number of esters is 2. The van der Waals surface area contributed by atoms with Gasteiger partial charge < -0.3 is 29.2 Å². The summed E-state index contributed by atoms with van der Waals surface area (Å²) in [6.07, 6.45) is 3.05. The van der Waals surface area contributed by atoms with Gasteiger partial charge in [-0.3, -0.25) is 0 Å². The Morgan fingerprint density at radius 1 is 0.816 bits per heavy atom. The van der Waals surface area contributed by atoms with Crippen LogP contribution in [0.15, 0.2) is 60.7 Å². The van der Waals surface area contributed by atoms with Gasteiger partial charge in [0.05, 0.1) is 35.5 Å². The smallest absolute Gasteiger partial charge is 0.338 e. The van der Waals surface area contributed by atoms with Crippen molar-refractivity contribution in [2.24, 2.45) is 46.3 Å². The molecule has 6 fully saturated rings. The molecule has 2 heterocycles. The summed E-state index contributed by atoms with van der Waals surface area (Å²) in [6, 6.07) is 17.5. The second kappa shape index (κ2) is 11.9. The van der Waals surface area contributed by atoms with Crippen molar-refractivity contribution in [2.45, 2.75) is 115 Å². The normalized spacial score (nSPS) is 47.0. The molecule has 2 aromatic rings. The summed E-state index contributed by atoms with van der Waals surface area (Å²) >= 11 is 0. The van der Waals surface area contributed by atoms with Gasteiger partial charge in [-0.1, -0.05) is 64.1 Å². The van der Waals surface area contributed by atoms with Crippen LogP contribution in [0.1, 0.15) is 99.8 Å². The first-order chi connectivity index (χ1) is 23.4. The zero-order valence-corrected chi connectivity index (χ0v) is 29.3. The molecule has 4 aliphatic carbocycles. The summed E-state index contributed by atoms with van der Waals surface area (Å²) in [5.41, 5.74) is -1.47. The Morgan fingerprint density at radius 3 is 2.02 bits per heavy atom. The SMILES string of the molecule is CC1CC[C@@]2(OC1)O[C@H]1CC3[C@@H]4C[C@@H](O)[C@@]5(O)C[C@@H](OC(=O)c6ccccc6)[C@H](OC(=O)c6ccccc6)C[C@]5(C)C4CC[C@]3(C)[C@H]1[C@@H]2C. The van der Waals surface area contributed by atoms with Gasteiger partial charge in [0.15, 0.2) is 5.79 Å². The van der Waals surface area contributed by atoms with E-state index in [1.807, 2.05) is 12.1 Å². The van der Waals surface area contributed by atoms with Crippen LogP contribution in [-0.4, -0.2) is 64.6 Å². The first kappa shape index (κ1) is 33.4. The maximum absolute atomic E-state index is 13.5. The molecule has 1 spiro atoms. The molecule has 2 aromatic carbocycles. The monoisotopic (exact) mass is 672 g/mol. The van der Waals surface area contributed by atoms with Crippen molar-refractivity contribution in [3.8, 4) is 0 Å². The Morgan fingerprint density at radius 2 is 1.43 bits per heavy atom. The van der Waals surface area contributed by atoms with Gasteiger partial charge in [-0.2, -0.15) is 0 Å². The van der Waals surface area contributed by atoms with Crippen LogP contribution in [-0.2, 0) is 18.9 Å². The minimum atomic E-state index is -1.52. The largest absolute Gasteiger partial charge is 0.455 e. The highest BCUT2D eigenvalue weighted by Crippen LogP contribution is 2.72. The molecule has 8 nitrogen and oxygen atoms in total. The number of carbonyl (C=O) groups excluding carboxylic acids is 2. The molecule has 4 saturated carbocycles. The van der Waals surface area contributed by atoms with Gasteiger partial charge in [0.1, 0.15) is 12.2 Å². The Hall–Kier alpha value is -2.78. The fraction of sp³-hybridized carbons (Fsp3) is 0.659. The molecule has 264 valence electrons. The molecule has 0 bridgehead atoms. The number of benzene rings is 2. The Bertz CT molecular complexity index is 1560. The summed E-state index contributed by atoms with van der Waals surface area (Å²) in [4.78, 5) is 26.8. The molecule has 2 N–H and O–H groups in total. The molecule has 2 saturated heterocycles. The molecular weight excluding hydrogens is 620 g/mol. The van der Waals surface area contributed by atoms with E-state index < -0.39 is 47.1 Å². The highest BCUT2D eigenvalue weighted by Gasteiger charge is 2.73. The molecule has 0 aromatic heterocycles. The highest BCUT2D eigenvalue weighted by atomic mass is 16.7. The van der Waals surface area contributed by atoms with E-state index in [0.717, 1.165) is 38.7 Å².